The van der Waals surface area contributed by atoms with E-state index in [4.69, 9.17) is 4.98 Å². The van der Waals surface area contributed by atoms with Crippen molar-refractivity contribution >= 4 is 16.9 Å². The molecule has 0 saturated carbocycles. The molecule has 0 spiro atoms. The number of anilines is 1. The fourth-order valence-corrected chi connectivity index (χ4v) is 2.95. The SMILES string of the molecule is CCc1nc(N[C@@H](CC(C)(C)C)c2cccnc2)c2cnn(C)c2n1. The van der Waals surface area contributed by atoms with E-state index in [2.05, 4.69) is 54.1 Å². The highest BCUT2D eigenvalue weighted by atomic mass is 15.3. The Balaban J connectivity index is 2.03. The predicted molar refractivity (Wildman–Crippen MR) is 100 cm³/mol. The topological polar surface area (TPSA) is 68.5 Å². The number of nitrogens with one attached hydrogen (secondary N) is 1. The molecule has 0 saturated heterocycles. The number of rotatable bonds is 5. The Kier molecular flexibility index (Phi) is 4.70. The minimum Gasteiger partial charge on any atom is -0.362 e. The Labute approximate surface area is 148 Å². The third-order valence-electron chi connectivity index (χ3n) is 4.17. The first-order chi connectivity index (χ1) is 11.9. The second-order valence-corrected chi connectivity index (χ2v) is 7.60. The summed E-state index contributed by atoms with van der Waals surface area (Å²) < 4.78 is 1.80. The molecule has 0 aliphatic heterocycles. The summed E-state index contributed by atoms with van der Waals surface area (Å²) in [7, 11) is 1.91. The van der Waals surface area contributed by atoms with Crippen molar-refractivity contribution in [2.24, 2.45) is 12.5 Å². The van der Waals surface area contributed by atoms with Gasteiger partial charge in [-0.1, -0.05) is 33.8 Å². The second kappa shape index (κ2) is 6.78. The minimum atomic E-state index is 0.122. The summed E-state index contributed by atoms with van der Waals surface area (Å²) in [4.78, 5) is 13.6. The Morgan fingerprint density at radius 2 is 2.00 bits per heavy atom. The van der Waals surface area contributed by atoms with Gasteiger partial charge < -0.3 is 5.32 Å². The lowest BCUT2D eigenvalue weighted by Crippen LogP contribution is -2.20. The third kappa shape index (κ3) is 3.95. The van der Waals surface area contributed by atoms with E-state index in [0.29, 0.717) is 0 Å². The van der Waals surface area contributed by atoms with E-state index in [1.807, 2.05) is 25.5 Å². The van der Waals surface area contributed by atoms with Crippen molar-refractivity contribution in [2.75, 3.05) is 5.32 Å². The van der Waals surface area contributed by atoms with Gasteiger partial charge in [-0.15, -0.1) is 0 Å². The average molecular weight is 338 g/mol. The quantitative estimate of drug-likeness (QED) is 0.764. The van der Waals surface area contributed by atoms with Crippen molar-refractivity contribution in [2.45, 2.75) is 46.6 Å². The van der Waals surface area contributed by atoms with Gasteiger partial charge in [0.2, 0.25) is 0 Å². The highest BCUT2D eigenvalue weighted by Crippen LogP contribution is 2.33. The molecule has 0 bridgehead atoms. The van der Waals surface area contributed by atoms with Crippen LogP contribution >= 0.6 is 0 Å². The number of fused-ring (bicyclic) bond motifs is 1. The summed E-state index contributed by atoms with van der Waals surface area (Å²) in [5.41, 5.74) is 2.18. The van der Waals surface area contributed by atoms with Gasteiger partial charge in [0.05, 0.1) is 17.6 Å². The molecule has 3 rings (SSSR count). The molecule has 6 heteroatoms. The van der Waals surface area contributed by atoms with Crippen molar-refractivity contribution in [3.8, 4) is 0 Å². The van der Waals surface area contributed by atoms with E-state index in [9.17, 15) is 0 Å². The van der Waals surface area contributed by atoms with Gasteiger partial charge in [0.25, 0.3) is 0 Å². The Hall–Kier alpha value is -2.50. The number of nitrogens with zero attached hydrogens (tertiary/aromatic N) is 5. The van der Waals surface area contributed by atoms with Gasteiger partial charge in [-0.05, 0) is 23.5 Å². The van der Waals surface area contributed by atoms with Gasteiger partial charge in [-0.2, -0.15) is 5.10 Å². The van der Waals surface area contributed by atoms with Gasteiger partial charge >= 0.3 is 0 Å². The number of aryl methyl sites for hydroxylation is 2. The normalized spacial score (nSPS) is 13.2. The zero-order valence-electron chi connectivity index (χ0n) is 15.6. The van der Waals surface area contributed by atoms with Crippen LogP contribution in [0.5, 0.6) is 0 Å². The zero-order chi connectivity index (χ0) is 18.0. The van der Waals surface area contributed by atoms with E-state index in [1.165, 1.54) is 0 Å². The van der Waals surface area contributed by atoms with Crippen LogP contribution in [-0.2, 0) is 13.5 Å². The summed E-state index contributed by atoms with van der Waals surface area (Å²) in [6.45, 7) is 8.80. The first-order valence-electron chi connectivity index (χ1n) is 8.72. The van der Waals surface area contributed by atoms with Crippen molar-refractivity contribution < 1.29 is 0 Å². The van der Waals surface area contributed by atoms with Gasteiger partial charge in [0, 0.05) is 25.9 Å². The average Bonchev–Trinajstić information content (AvgIpc) is 2.95. The standard InChI is InChI=1S/C19H26N6/c1-6-16-23-17(14-12-21-25(5)18(14)24-16)22-15(10-19(2,3)4)13-8-7-9-20-11-13/h7-9,11-12,15H,6,10H2,1-5H3,(H,22,23,24)/t15-/m0/s1. The maximum atomic E-state index is 4.73. The maximum absolute atomic E-state index is 4.73. The second-order valence-electron chi connectivity index (χ2n) is 7.60. The minimum absolute atomic E-state index is 0.122. The molecular weight excluding hydrogens is 312 g/mol. The molecule has 3 heterocycles. The van der Waals surface area contributed by atoms with Crippen molar-refractivity contribution in [1.82, 2.24) is 24.7 Å². The first kappa shape index (κ1) is 17.3. The van der Waals surface area contributed by atoms with Crippen LogP contribution in [0.3, 0.4) is 0 Å². The molecule has 0 aromatic carbocycles. The summed E-state index contributed by atoms with van der Waals surface area (Å²) in [5.74, 6) is 1.66. The molecule has 0 unspecified atom stereocenters. The molecule has 0 radical (unpaired) electrons. The molecule has 6 nitrogen and oxygen atoms in total. The van der Waals surface area contributed by atoms with E-state index in [-0.39, 0.29) is 11.5 Å². The van der Waals surface area contributed by atoms with E-state index in [0.717, 1.165) is 41.1 Å². The van der Waals surface area contributed by atoms with Gasteiger partial charge in [0.15, 0.2) is 5.65 Å². The summed E-state index contributed by atoms with van der Waals surface area (Å²) in [5, 5.41) is 8.93. The molecule has 1 atom stereocenters. The highest BCUT2D eigenvalue weighted by Gasteiger charge is 2.22. The van der Waals surface area contributed by atoms with Crippen LogP contribution in [0.25, 0.3) is 11.0 Å². The van der Waals surface area contributed by atoms with Crippen LogP contribution in [-0.4, -0.2) is 24.7 Å². The number of aromatic nitrogens is 5. The molecule has 3 aromatic heterocycles. The predicted octanol–water partition coefficient (Wildman–Crippen LogP) is 3.91. The van der Waals surface area contributed by atoms with Crippen LogP contribution in [0.1, 0.15) is 51.5 Å². The molecule has 1 N–H and O–H groups in total. The van der Waals surface area contributed by atoms with Crippen LogP contribution in [0.2, 0.25) is 0 Å². The maximum Gasteiger partial charge on any atom is 0.163 e. The summed E-state index contributed by atoms with van der Waals surface area (Å²) in [6, 6.07) is 4.21. The molecule has 0 amide bonds. The van der Waals surface area contributed by atoms with Crippen LogP contribution in [0.4, 0.5) is 5.82 Å². The smallest absolute Gasteiger partial charge is 0.163 e. The fraction of sp³-hybridized carbons (Fsp3) is 0.474. The zero-order valence-corrected chi connectivity index (χ0v) is 15.6. The molecule has 0 aliphatic carbocycles. The highest BCUT2D eigenvalue weighted by molar-refractivity contribution is 5.86. The van der Waals surface area contributed by atoms with Gasteiger partial charge in [0.1, 0.15) is 11.6 Å². The molecular formula is C19H26N6. The van der Waals surface area contributed by atoms with E-state index >= 15 is 0 Å². The summed E-state index contributed by atoms with van der Waals surface area (Å²) in [6.07, 6.45) is 7.30. The third-order valence-corrected chi connectivity index (χ3v) is 4.17. The number of hydrogen-bond donors (Lipinski definition) is 1. The van der Waals surface area contributed by atoms with Crippen molar-refractivity contribution in [3.05, 3.63) is 42.1 Å². The lowest BCUT2D eigenvalue weighted by Gasteiger charge is -2.27. The van der Waals surface area contributed by atoms with Gasteiger partial charge in [-0.25, -0.2) is 9.97 Å². The monoisotopic (exact) mass is 338 g/mol. The number of hydrogen-bond acceptors (Lipinski definition) is 5. The van der Waals surface area contributed by atoms with Crippen molar-refractivity contribution in [3.63, 3.8) is 0 Å². The van der Waals surface area contributed by atoms with E-state index in [1.54, 1.807) is 10.9 Å². The van der Waals surface area contributed by atoms with Crippen LogP contribution in [0.15, 0.2) is 30.7 Å². The molecule has 0 fully saturated rings. The van der Waals surface area contributed by atoms with Gasteiger partial charge in [-0.3, -0.25) is 9.67 Å². The molecule has 25 heavy (non-hydrogen) atoms. The molecule has 0 aliphatic rings. The molecule has 132 valence electrons. The fourth-order valence-electron chi connectivity index (χ4n) is 2.95. The Morgan fingerprint density at radius 3 is 2.64 bits per heavy atom. The Morgan fingerprint density at radius 1 is 1.20 bits per heavy atom. The lowest BCUT2D eigenvalue weighted by atomic mass is 9.86. The molecule has 3 aromatic rings. The van der Waals surface area contributed by atoms with Crippen LogP contribution in [0, 0.1) is 5.41 Å². The Bertz CT molecular complexity index is 847. The van der Waals surface area contributed by atoms with E-state index < -0.39 is 0 Å². The van der Waals surface area contributed by atoms with Crippen LogP contribution < -0.4 is 5.32 Å². The van der Waals surface area contributed by atoms with Crippen molar-refractivity contribution in [1.29, 1.82) is 0 Å². The first-order valence-corrected chi connectivity index (χ1v) is 8.72. The lowest BCUT2D eigenvalue weighted by molar-refractivity contribution is 0.352. The largest absolute Gasteiger partial charge is 0.362 e. The summed E-state index contributed by atoms with van der Waals surface area (Å²) >= 11 is 0. The number of pyridine rings is 1.